The number of carbonyl (C=O) groups is 1. The van der Waals surface area contributed by atoms with Gasteiger partial charge < -0.3 is 19.8 Å². The second-order valence-electron chi connectivity index (χ2n) is 4.01. The van der Waals surface area contributed by atoms with Gasteiger partial charge in [0.05, 0.1) is 6.26 Å². The minimum atomic E-state index is -0.356. The van der Waals surface area contributed by atoms with E-state index in [1.165, 1.54) is 6.26 Å². The summed E-state index contributed by atoms with van der Waals surface area (Å²) in [6.45, 7) is 1.44. The zero-order chi connectivity index (χ0) is 14.2. The molecule has 7 nitrogen and oxygen atoms in total. The molecule has 0 saturated heterocycles. The van der Waals surface area contributed by atoms with Crippen molar-refractivity contribution in [3.8, 4) is 0 Å². The van der Waals surface area contributed by atoms with Gasteiger partial charge in [-0.2, -0.15) is 0 Å². The molecule has 0 aliphatic heterocycles. The Labute approximate surface area is 116 Å². The highest BCUT2D eigenvalue weighted by Crippen LogP contribution is 2.08. The SMILES string of the molecule is COCCCNc1ccc(NC(=O)c2ccco2)nn1. The smallest absolute Gasteiger partial charge is 0.292 e. The lowest BCUT2D eigenvalue weighted by Gasteiger charge is -2.05. The molecular formula is C13H16N4O3. The Balaban J connectivity index is 1.83. The largest absolute Gasteiger partial charge is 0.459 e. The number of ether oxygens (including phenoxy) is 1. The van der Waals surface area contributed by atoms with Gasteiger partial charge in [-0.25, -0.2) is 0 Å². The third kappa shape index (κ3) is 4.06. The number of amides is 1. The second kappa shape index (κ2) is 7.25. The monoisotopic (exact) mass is 276 g/mol. The molecule has 1 amide bonds. The molecule has 20 heavy (non-hydrogen) atoms. The van der Waals surface area contributed by atoms with Crippen molar-refractivity contribution < 1.29 is 13.9 Å². The average Bonchev–Trinajstić information content (AvgIpc) is 3.00. The molecule has 0 saturated carbocycles. The average molecular weight is 276 g/mol. The van der Waals surface area contributed by atoms with E-state index in [4.69, 9.17) is 9.15 Å². The predicted molar refractivity (Wildman–Crippen MR) is 73.7 cm³/mol. The summed E-state index contributed by atoms with van der Waals surface area (Å²) in [6, 6.07) is 6.65. The summed E-state index contributed by atoms with van der Waals surface area (Å²) >= 11 is 0. The Morgan fingerprint density at radius 3 is 2.75 bits per heavy atom. The number of carbonyl (C=O) groups excluding carboxylic acids is 1. The lowest BCUT2D eigenvalue weighted by atomic mass is 10.4. The Kier molecular flexibility index (Phi) is 5.08. The zero-order valence-corrected chi connectivity index (χ0v) is 11.1. The first-order chi connectivity index (χ1) is 9.79. The molecular weight excluding hydrogens is 260 g/mol. The van der Waals surface area contributed by atoms with Gasteiger partial charge in [0.2, 0.25) is 0 Å². The third-order valence-electron chi connectivity index (χ3n) is 2.48. The van der Waals surface area contributed by atoms with Gasteiger partial charge in [-0.3, -0.25) is 4.79 Å². The number of aromatic nitrogens is 2. The first-order valence-electron chi connectivity index (χ1n) is 6.21. The molecule has 0 aromatic carbocycles. The molecule has 2 aromatic heterocycles. The van der Waals surface area contributed by atoms with E-state index in [0.717, 1.165) is 13.0 Å². The van der Waals surface area contributed by atoms with Crippen LogP contribution < -0.4 is 10.6 Å². The van der Waals surface area contributed by atoms with Crippen LogP contribution in [0.1, 0.15) is 17.0 Å². The van der Waals surface area contributed by atoms with Crippen molar-refractivity contribution in [2.75, 3.05) is 30.9 Å². The lowest BCUT2D eigenvalue weighted by Crippen LogP contribution is -2.13. The van der Waals surface area contributed by atoms with Crippen LogP contribution in [0.4, 0.5) is 11.6 Å². The van der Waals surface area contributed by atoms with Gasteiger partial charge in [-0.15, -0.1) is 10.2 Å². The third-order valence-corrected chi connectivity index (χ3v) is 2.48. The number of anilines is 2. The van der Waals surface area contributed by atoms with Crippen LogP contribution in [0.3, 0.4) is 0 Å². The van der Waals surface area contributed by atoms with E-state index in [1.54, 1.807) is 31.4 Å². The van der Waals surface area contributed by atoms with E-state index in [9.17, 15) is 4.79 Å². The first-order valence-corrected chi connectivity index (χ1v) is 6.21. The molecule has 0 radical (unpaired) electrons. The number of nitrogens with zero attached hydrogens (tertiary/aromatic N) is 2. The quantitative estimate of drug-likeness (QED) is 0.749. The number of methoxy groups -OCH3 is 1. The van der Waals surface area contributed by atoms with Crippen LogP contribution in [-0.2, 0) is 4.74 Å². The van der Waals surface area contributed by atoms with Gasteiger partial charge in [-0.05, 0) is 30.7 Å². The molecule has 0 aliphatic rings. The van der Waals surface area contributed by atoms with E-state index in [-0.39, 0.29) is 11.7 Å². The summed E-state index contributed by atoms with van der Waals surface area (Å²) in [7, 11) is 1.66. The number of hydrogen-bond donors (Lipinski definition) is 2. The maximum absolute atomic E-state index is 11.7. The highest BCUT2D eigenvalue weighted by atomic mass is 16.5. The van der Waals surface area contributed by atoms with E-state index in [2.05, 4.69) is 20.8 Å². The maximum Gasteiger partial charge on any atom is 0.292 e. The molecule has 2 rings (SSSR count). The van der Waals surface area contributed by atoms with Gasteiger partial charge in [0.15, 0.2) is 11.6 Å². The van der Waals surface area contributed by atoms with Crippen molar-refractivity contribution in [3.05, 3.63) is 36.3 Å². The summed E-state index contributed by atoms with van der Waals surface area (Å²) in [5.74, 6) is 0.893. The minimum Gasteiger partial charge on any atom is -0.459 e. The lowest BCUT2D eigenvalue weighted by molar-refractivity contribution is 0.0996. The van der Waals surface area contributed by atoms with E-state index >= 15 is 0 Å². The number of nitrogens with one attached hydrogen (secondary N) is 2. The van der Waals surface area contributed by atoms with Crippen LogP contribution >= 0.6 is 0 Å². The molecule has 7 heteroatoms. The Morgan fingerprint density at radius 2 is 2.10 bits per heavy atom. The summed E-state index contributed by atoms with van der Waals surface area (Å²) < 4.78 is 9.93. The molecule has 0 aliphatic carbocycles. The van der Waals surface area contributed by atoms with Gasteiger partial charge in [-0.1, -0.05) is 0 Å². The fourth-order valence-corrected chi connectivity index (χ4v) is 1.51. The van der Waals surface area contributed by atoms with Crippen molar-refractivity contribution in [1.29, 1.82) is 0 Å². The Bertz CT molecular complexity index is 525. The van der Waals surface area contributed by atoms with Crippen LogP contribution in [-0.4, -0.2) is 36.4 Å². The number of furan rings is 1. The Morgan fingerprint density at radius 1 is 1.30 bits per heavy atom. The summed E-state index contributed by atoms with van der Waals surface area (Å²) in [5, 5.41) is 13.6. The van der Waals surface area contributed by atoms with Crippen LogP contribution in [0.5, 0.6) is 0 Å². The highest BCUT2D eigenvalue weighted by Gasteiger charge is 2.09. The van der Waals surface area contributed by atoms with Crippen LogP contribution in [0.25, 0.3) is 0 Å². The Hall–Kier alpha value is -2.41. The number of hydrogen-bond acceptors (Lipinski definition) is 6. The van der Waals surface area contributed by atoms with Crippen molar-refractivity contribution in [2.45, 2.75) is 6.42 Å². The molecule has 0 bridgehead atoms. The molecule has 0 spiro atoms. The van der Waals surface area contributed by atoms with Gasteiger partial charge in [0.25, 0.3) is 5.91 Å². The predicted octanol–water partition coefficient (Wildman–Crippen LogP) is 1.77. The molecule has 0 fully saturated rings. The molecule has 0 atom stereocenters. The summed E-state index contributed by atoms with van der Waals surface area (Å²) in [5.41, 5.74) is 0. The molecule has 0 unspecified atom stereocenters. The minimum absolute atomic E-state index is 0.230. The second-order valence-corrected chi connectivity index (χ2v) is 4.01. The van der Waals surface area contributed by atoms with E-state index in [1.807, 2.05) is 0 Å². The van der Waals surface area contributed by atoms with E-state index < -0.39 is 0 Å². The standard InChI is InChI=1S/C13H16N4O3/c1-19-8-3-7-14-11-5-6-12(17-16-11)15-13(18)10-4-2-9-20-10/h2,4-6,9H,3,7-8H2,1H3,(H,14,16)(H,15,17,18). The fraction of sp³-hybridized carbons (Fsp3) is 0.308. The molecule has 2 N–H and O–H groups in total. The fourth-order valence-electron chi connectivity index (χ4n) is 1.51. The summed E-state index contributed by atoms with van der Waals surface area (Å²) in [6.07, 6.45) is 2.32. The van der Waals surface area contributed by atoms with E-state index in [0.29, 0.717) is 18.2 Å². The molecule has 2 aromatic rings. The molecule has 2 heterocycles. The van der Waals surface area contributed by atoms with Crippen LogP contribution in [0.15, 0.2) is 34.9 Å². The van der Waals surface area contributed by atoms with Gasteiger partial charge >= 0.3 is 0 Å². The first kappa shape index (κ1) is 14.0. The maximum atomic E-state index is 11.7. The van der Waals surface area contributed by atoms with Crippen molar-refractivity contribution in [1.82, 2.24) is 10.2 Å². The van der Waals surface area contributed by atoms with Crippen molar-refractivity contribution >= 4 is 17.5 Å². The highest BCUT2D eigenvalue weighted by molar-refractivity contribution is 6.01. The zero-order valence-electron chi connectivity index (χ0n) is 11.1. The summed E-state index contributed by atoms with van der Waals surface area (Å²) in [4.78, 5) is 11.7. The van der Waals surface area contributed by atoms with Gasteiger partial charge in [0.1, 0.15) is 5.82 Å². The van der Waals surface area contributed by atoms with Crippen LogP contribution in [0, 0.1) is 0 Å². The molecule has 106 valence electrons. The van der Waals surface area contributed by atoms with Crippen LogP contribution in [0.2, 0.25) is 0 Å². The topological polar surface area (TPSA) is 89.3 Å². The van der Waals surface area contributed by atoms with Gasteiger partial charge in [0, 0.05) is 20.3 Å². The number of rotatable bonds is 7. The van der Waals surface area contributed by atoms with Crippen molar-refractivity contribution in [2.24, 2.45) is 0 Å². The normalized spacial score (nSPS) is 10.2. The van der Waals surface area contributed by atoms with Crippen molar-refractivity contribution in [3.63, 3.8) is 0 Å².